The highest BCUT2D eigenvalue weighted by atomic mass is 32.2. The van der Waals surface area contributed by atoms with Crippen LogP contribution in [0.2, 0.25) is 0 Å². The summed E-state index contributed by atoms with van der Waals surface area (Å²) in [7, 11) is 0. The highest BCUT2D eigenvalue weighted by Crippen LogP contribution is 2.28. The van der Waals surface area contributed by atoms with Gasteiger partial charge in [-0.3, -0.25) is 4.79 Å². The highest BCUT2D eigenvalue weighted by molar-refractivity contribution is 7.99. The number of carbonyl (C=O) groups excluding carboxylic acids is 1. The van der Waals surface area contributed by atoms with E-state index in [0.29, 0.717) is 15.8 Å². The van der Waals surface area contributed by atoms with Crippen molar-refractivity contribution in [3.8, 4) is 0 Å². The molecule has 1 aromatic carbocycles. The van der Waals surface area contributed by atoms with Gasteiger partial charge in [0.05, 0.1) is 5.75 Å². The summed E-state index contributed by atoms with van der Waals surface area (Å²) in [5.41, 5.74) is 1.15. The van der Waals surface area contributed by atoms with Crippen molar-refractivity contribution in [3.05, 3.63) is 41.0 Å². The number of aromatic nitrogens is 3. The molecule has 0 spiro atoms. The number of benzene rings is 1. The molecule has 130 valence electrons. The van der Waals surface area contributed by atoms with Gasteiger partial charge in [-0.2, -0.15) is 13.2 Å². The monoisotopic (exact) mass is 363 g/mol. The van der Waals surface area contributed by atoms with Crippen LogP contribution in [0.5, 0.6) is 0 Å². The highest BCUT2D eigenvalue weighted by Gasteiger charge is 2.38. The summed E-state index contributed by atoms with van der Waals surface area (Å²) in [5.74, 6) is 2.95. The topological polar surface area (TPSA) is 85.8 Å². The zero-order valence-corrected chi connectivity index (χ0v) is 13.2. The predicted octanol–water partition coefficient (Wildman–Crippen LogP) is 1.87. The van der Waals surface area contributed by atoms with Crippen LogP contribution in [0.25, 0.3) is 0 Å². The van der Waals surface area contributed by atoms with E-state index in [1.54, 1.807) is 13.0 Å². The van der Waals surface area contributed by atoms with Gasteiger partial charge in [0, 0.05) is 6.54 Å². The van der Waals surface area contributed by atoms with Gasteiger partial charge in [-0.1, -0.05) is 23.9 Å². The Labute approximate surface area is 138 Å². The molecular weight excluding hydrogens is 350 g/mol. The molecule has 1 aromatic heterocycles. The number of halogens is 4. The molecular formula is C13H13F4N5OS. The molecule has 1 heterocycles. The van der Waals surface area contributed by atoms with E-state index in [9.17, 15) is 22.4 Å². The minimum absolute atomic E-state index is 0.170. The number of hydrogen-bond acceptors (Lipinski definition) is 5. The van der Waals surface area contributed by atoms with Crippen LogP contribution < -0.4 is 11.2 Å². The van der Waals surface area contributed by atoms with Crippen LogP contribution in [-0.4, -0.2) is 26.5 Å². The van der Waals surface area contributed by atoms with Crippen molar-refractivity contribution in [1.82, 2.24) is 20.2 Å². The summed E-state index contributed by atoms with van der Waals surface area (Å²) in [4.78, 5) is 11.7. The van der Waals surface area contributed by atoms with E-state index < -0.39 is 17.9 Å². The Kier molecular flexibility index (Phi) is 5.32. The average Bonchev–Trinajstić information content (AvgIpc) is 2.87. The molecule has 11 heteroatoms. The van der Waals surface area contributed by atoms with Crippen molar-refractivity contribution >= 4 is 17.7 Å². The van der Waals surface area contributed by atoms with E-state index in [1.165, 1.54) is 12.1 Å². The summed E-state index contributed by atoms with van der Waals surface area (Å²) in [6, 6.07) is 4.41. The van der Waals surface area contributed by atoms with Gasteiger partial charge in [0.25, 0.3) is 5.82 Å². The van der Waals surface area contributed by atoms with Crippen LogP contribution in [0.4, 0.5) is 17.6 Å². The number of nitrogens with one attached hydrogen (secondary N) is 1. The number of thioether (sulfide) groups is 1. The number of amides is 1. The first-order valence-electron chi connectivity index (χ1n) is 6.60. The van der Waals surface area contributed by atoms with Gasteiger partial charge in [0.15, 0.2) is 0 Å². The Morgan fingerprint density at radius 3 is 2.67 bits per heavy atom. The van der Waals surface area contributed by atoms with E-state index in [4.69, 9.17) is 5.84 Å². The molecule has 0 radical (unpaired) electrons. The fourth-order valence-electron chi connectivity index (χ4n) is 1.77. The van der Waals surface area contributed by atoms with Crippen molar-refractivity contribution in [3.63, 3.8) is 0 Å². The van der Waals surface area contributed by atoms with Gasteiger partial charge in [-0.05, 0) is 24.1 Å². The van der Waals surface area contributed by atoms with Gasteiger partial charge in [0.2, 0.25) is 11.1 Å². The van der Waals surface area contributed by atoms with Gasteiger partial charge < -0.3 is 11.2 Å². The molecule has 0 bridgehead atoms. The predicted molar refractivity (Wildman–Crippen MR) is 78.9 cm³/mol. The summed E-state index contributed by atoms with van der Waals surface area (Å²) >= 11 is 0.725. The number of nitrogens with two attached hydrogens (primary N) is 1. The molecule has 2 aromatic rings. The Hall–Kier alpha value is -2.30. The third kappa shape index (κ3) is 4.37. The fourth-order valence-corrected chi connectivity index (χ4v) is 2.45. The molecule has 2 rings (SSSR count). The lowest BCUT2D eigenvalue weighted by Crippen LogP contribution is -2.25. The minimum Gasteiger partial charge on any atom is -0.351 e. The van der Waals surface area contributed by atoms with Gasteiger partial charge in [-0.15, -0.1) is 10.2 Å². The summed E-state index contributed by atoms with van der Waals surface area (Å²) in [6.45, 7) is 1.77. The number of nitrogen functional groups attached to an aromatic ring is 1. The molecule has 1 amide bonds. The lowest BCUT2D eigenvalue weighted by molar-refractivity contribution is -0.146. The van der Waals surface area contributed by atoms with Crippen LogP contribution >= 0.6 is 11.8 Å². The van der Waals surface area contributed by atoms with E-state index >= 15 is 0 Å². The summed E-state index contributed by atoms with van der Waals surface area (Å²) in [6.07, 6.45) is -4.72. The molecule has 0 fully saturated rings. The second kappa shape index (κ2) is 7.07. The Morgan fingerprint density at radius 2 is 2.08 bits per heavy atom. The van der Waals surface area contributed by atoms with Crippen molar-refractivity contribution in [2.45, 2.75) is 24.8 Å². The van der Waals surface area contributed by atoms with Crippen LogP contribution in [-0.2, 0) is 17.5 Å². The first-order chi connectivity index (χ1) is 11.2. The molecule has 0 aliphatic carbocycles. The van der Waals surface area contributed by atoms with Crippen molar-refractivity contribution in [2.24, 2.45) is 0 Å². The normalized spacial score (nSPS) is 11.5. The lowest BCUT2D eigenvalue weighted by Gasteiger charge is -2.07. The van der Waals surface area contributed by atoms with E-state index in [2.05, 4.69) is 15.5 Å². The second-order valence-corrected chi connectivity index (χ2v) is 5.77. The molecule has 0 aliphatic rings. The lowest BCUT2D eigenvalue weighted by atomic mass is 10.1. The third-order valence-electron chi connectivity index (χ3n) is 2.96. The minimum atomic E-state index is -4.72. The maximum Gasteiger partial charge on any atom is 0.453 e. The second-order valence-electron chi connectivity index (χ2n) is 4.82. The fraction of sp³-hybridized carbons (Fsp3) is 0.308. The van der Waals surface area contributed by atoms with E-state index in [1.807, 2.05) is 0 Å². The van der Waals surface area contributed by atoms with Crippen molar-refractivity contribution in [2.75, 3.05) is 11.6 Å². The van der Waals surface area contributed by atoms with Crippen LogP contribution in [0.3, 0.4) is 0 Å². The van der Waals surface area contributed by atoms with Crippen LogP contribution in [0.15, 0.2) is 23.4 Å². The molecule has 0 aliphatic heterocycles. The quantitative estimate of drug-likeness (QED) is 0.481. The largest absolute Gasteiger partial charge is 0.453 e. The zero-order chi connectivity index (χ0) is 17.9. The molecule has 6 nitrogen and oxygen atoms in total. The van der Waals surface area contributed by atoms with E-state index in [0.717, 1.165) is 11.8 Å². The maximum atomic E-state index is 13.1. The summed E-state index contributed by atoms with van der Waals surface area (Å²) < 4.78 is 51.0. The van der Waals surface area contributed by atoms with Crippen molar-refractivity contribution in [1.29, 1.82) is 0 Å². The SMILES string of the molecule is Cc1cc(CNC(=O)CSc2nnc(C(F)(F)F)n2N)ccc1F. The summed E-state index contributed by atoms with van der Waals surface area (Å²) in [5, 5.41) is 8.60. The Morgan fingerprint density at radius 1 is 1.38 bits per heavy atom. The molecule has 0 unspecified atom stereocenters. The molecule has 0 saturated heterocycles. The van der Waals surface area contributed by atoms with Crippen LogP contribution in [0.1, 0.15) is 17.0 Å². The smallest absolute Gasteiger partial charge is 0.351 e. The molecule has 3 N–H and O–H groups in total. The number of nitrogens with zero attached hydrogens (tertiary/aromatic N) is 3. The number of alkyl halides is 3. The molecule has 0 saturated carbocycles. The van der Waals surface area contributed by atoms with Gasteiger partial charge in [0.1, 0.15) is 5.82 Å². The standard InChI is InChI=1S/C13H13F4N5OS/c1-7-4-8(2-3-9(7)14)5-19-10(23)6-24-12-21-20-11(22(12)18)13(15,16)17/h2-4H,5-6,18H2,1H3,(H,19,23). The number of aryl methyl sites for hydroxylation is 1. The number of carbonyl (C=O) groups is 1. The first kappa shape index (κ1) is 18.0. The van der Waals surface area contributed by atoms with Gasteiger partial charge >= 0.3 is 6.18 Å². The first-order valence-corrected chi connectivity index (χ1v) is 7.59. The Bertz CT molecular complexity index is 746. The Balaban J connectivity index is 1.87. The third-order valence-corrected chi connectivity index (χ3v) is 3.91. The van der Waals surface area contributed by atoms with Gasteiger partial charge in [-0.25, -0.2) is 9.07 Å². The van der Waals surface area contributed by atoms with E-state index in [-0.39, 0.29) is 23.3 Å². The molecule has 0 atom stereocenters. The average molecular weight is 363 g/mol. The zero-order valence-electron chi connectivity index (χ0n) is 12.4. The number of hydrogen-bond donors (Lipinski definition) is 2. The molecule has 24 heavy (non-hydrogen) atoms. The number of rotatable bonds is 5. The van der Waals surface area contributed by atoms with Crippen molar-refractivity contribution < 1.29 is 22.4 Å². The maximum absolute atomic E-state index is 13.1. The van der Waals surface area contributed by atoms with Crippen LogP contribution in [0, 0.1) is 12.7 Å².